The number of nitrogens with zero attached hydrogens (tertiary/aromatic N) is 2. The number of imidazole rings is 1. The van der Waals surface area contributed by atoms with Gasteiger partial charge < -0.3 is 9.88 Å². The van der Waals surface area contributed by atoms with Gasteiger partial charge in [0.05, 0.1) is 18.2 Å². The number of benzene rings is 1. The molecule has 0 spiro atoms. The largest absolute Gasteiger partial charge is 0.329 e. The fourth-order valence-corrected chi connectivity index (χ4v) is 2.86. The number of rotatable bonds is 3. The van der Waals surface area contributed by atoms with Crippen LogP contribution in [0.3, 0.4) is 0 Å². The van der Waals surface area contributed by atoms with E-state index < -0.39 is 0 Å². The predicted octanol–water partition coefficient (Wildman–Crippen LogP) is 3.35. The zero-order valence-corrected chi connectivity index (χ0v) is 11.6. The lowest BCUT2D eigenvalue weighted by molar-refractivity contribution is 0.364. The molecular weight excluding hydrogens is 258 g/mol. The van der Waals surface area contributed by atoms with Gasteiger partial charge in [0.1, 0.15) is 0 Å². The Hall–Kier alpha value is -1.32. The summed E-state index contributed by atoms with van der Waals surface area (Å²) in [7, 11) is 0. The monoisotopic (exact) mass is 275 g/mol. The van der Waals surface area contributed by atoms with E-state index in [0.717, 1.165) is 29.4 Å². The summed E-state index contributed by atoms with van der Waals surface area (Å²) in [6.45, 7) is 2.10. The summed E-state index contributed by atoms with van der Waals surface area (Å²) in [6.07, 6.45) is 7.68. The second-order valence-corrected chi connectivity index (χ2v) is 5.52. The van der Waals surface area contributed by atoms with Crippen molar-refractivity contribution in [2.45, 2.75) is 31.8 Å². The van der Waals surface area contributed by atoms with E-state index in [1.807, 2.05) is 30.7 Å². The molecule has 0 saturated carbocycles. The third kappa shape index (κ3) is 2.99. The number of aromatic nitrogens is 2. The summed E-state index contributed by atoms with van der Waals surface area (Å²) in [4.78, 5) is 4.29. The summed E-state index contributed by atoms with van der Waals surface area (Å²) < 4.78 is 2.22. The number of halogens is 1. The highest BCUT2D eigenvalue weighted by atomic mass is 35.5. The van der Waals surface area contributed by atoms with Crippen LogP contribution in [-0.4, -0.2) is 22.1 Å². The molecule has 19 heavy (non-hydrogen) atoms. The second-order valence-electron chi connectivity index (χ2n) is 5.09. The molecule has 1 fully saturated rings. The van der Waals surface area contributed by atoms with Crippen molar-refractivity contribution in [1.29, 1.82) is 0 Å². The molecule has 0 amide bonds. The average molecular weight is 276 g/mol. The summed E-state index contributed by atoms with van der Waals surface area (Å²) in [5, 5.41) is 4.34. The van der Waals surface area contributed by atoms with E-state index in [-0.39, 0.29) is 0 Å². The van der Waals surface area contributed by atoms with E-state index >= 15 is 0 Å². The van der Waals surface area contributed by atoms with Crippen LogP contribution in [0.2, 0.25) is 5.02 Å². The summed E-state index contributed by atoms with van der Waals surface area (Å²) >= 11 is 6.06. The quantitative estimate of drug-likeness (QED) is 0.931. The van der Waals surface area contributed by atoms with E-state index in [0.29, 0.717) is 6.04 Å². The smallest absolute Gasteiger partial charge is 0.0951 e. The van der Waals surface area contributed by atoms with Crippen LogP contribution in [0.25, 0.3) is 11.3 Å². The zero-order chi connectivity index (χ0) is 13.1. The Bertz CT molecular complexity index is 544. The van der Waals surface area contributed by atoms with E-state index in [1.165, 1.54) is 19.3 Å². The molecule has 1 N–H and O–H groups in total. The van der Waals surface area contributed by atoms with Crippen LogP contribution in [-0.2, 0) is 6.54 Å². The Morgan fingerprint density at radius 1 is 1.37 bits per heavy atom. The van der Waals surface area contributed by atoms with E-state index in [9.17, 15) is 0 Å². The molecule has 2 aromatic rings. The molecule has 4 heteroatoms. The van der Waals surface area contributed by atoms with Crippen LogP contribution < -0.4 is 5.32 Å². The van der Waals surface area contributed by atoms with Gasteiger partial charge in [-0.25, -0.2) is 4.98 Å². The Morgan fingerprint density at radius 2 is 2.32 bits per heavy atom. The molecule has 1 unspecified atom stereocenters. The molecule has 1 aromatic carbocycles. The number of hydrogen-bond acceptors (Lipinski definition) is 2. The van der Waals surface area contributed by atoms with Crippen molar-refractivity contribution >= 4 is 11.6 Å². The molecule has 1 aromatic heterocycles. The van der Waals surface area contributed by atoms with Crippen LogP contribution in [0, 0.1) is 0 Å². The maximum absolute atomic E-state index is 6.06. The fourth-order valence-electron chi connectivity index (χ4n) is 2.67. The van der Waals surface area contributed by atoms with E-state index in [1.54, 1.807) is 0 Å². The van der Waals surface area contributed by atoms with Crippen LogP contribution in [0.5, 0.6) is 0 Å². The molecular formula is C15H18ClN3. The Morgan fingerprint density at radius 3 is 3.11 bits per heavy atom. The van der Waals surface area contributed by atoms with Gasteiger partial charge in [-0.1, -0.05) is 30.2 Å². The molecule has 0 bridgehead atoms. The van der Waals surface area contributed by atoms with Gasteiger partial charge in [-0.05, 0) is 31.5 Å². The van der Waals surface area contributed by atoms with Crippen molar-refractivity contribution in [3.05, 3.63) is 41.8 Å². The van der Waals surface area contributed by atoms with Gasteiger partial charge in [-0.3, -0.25) is 0 Å². The van der Waals surface area contributed by atoms with Crippen molar-refractivity contribution in [3.63, 3.8) is 0 Å². The zero-order valence-electron chi connectivity index (χ0n) is 10.8. The van der Waals surface area contributed by atoms with Gasteiger partial charge in [-0.2, -0.15) is 0 Å². The maximum atomic E-state index is 6.06. The van der Waals surface area contributed by atoms with E-state index in [4.69, 9.17) is 11.6 Å². The number of hydrogen-bond donors (Lipinski definition) is 1. The number of nitrogens with one attached hydrogen (secondary N) is 1. The molecule has 1 aliphatic heterocycles. The Labute approximate surface area is 118 Å². The van der Waals surface area contributed by atoms with Gasteiger partial charge in [0, 0.05) is 23.2 Å². The minimum absolute atomic E-state index is 0.556. The maximum Gasteiger partial charge on any atom is 0.0951 e. The molecule has 3 nitrogen and oxygen atoms in total. The molecule has 3 rings (SSSR count). The van der Waals surface area contributed by atoms with Crippen molar-refractivity contribution in [2.24, 2.45) is 0 Å². The SMILES string of the molecule is Clc1cccc(-c2cncn2CC2CCCCN2)c1. The van der Waals surface area contributed by atoms with Gasteiger partial charge in [0.2, 0.25) is 0 Å². The average Bonchev–Trinajstić information content (AvgIpc) is 2.88. The van der Waals surface area contributed by atoms with Crippen molar-refractivity contribution in [1.82, 2.24) is 14.9 Å². The topological polar surface area (TPSA) is 29.9 Å². The summed E-state index contributed by atoms with van der Waals surface area (Å²) in [5.74, 6) is 0. The van der Waals surface area contributed by atoms with Crippen LogP contribution in [0.1, 0.15) is 19.3 Å². The molecule has 0 aliphatic carbocycles. The molecule has 1 saturated heterocycles. The van der Waals surface area contributed by atoms with Crippen molar-refractivity contribution in [2.75, 3.05) is 6.54 Å². The molecule has 100 valence electrons. The molecule has 1 atom stereocenters. The standard InChI is InChI=1S/C15H18ClN3/c16-13-5-3-4-12(8-13)15-9-17-11-19(15)10-14-6-1-2-7-18-14/h3-5,8-9,11,14,18H,1-2,6-7,10H2. The first-order valence-electron chi connectivity index (χ1n) is 6.82. The first-order chi connectivity index (χ1) is 9.33. The highest BCUT2D eigenvalue weighted by Crippen LogP contribution is 2.23. The van der Waals surface area contributed by atoms with Crippen LogP contribution in [0.15, 0.2) is 36.8 Å². The highest BCUT2D eigenvalue weighted by Gasteiger charge is 2.15. The lowest BCUT2D eigenvalue weighted by atomic mass is 10.0. The highest BCUT2D eigenvalue weighted by molar-refractivity contribution is 6.30. The first kappa shape index (κ1) is 12.7. The minimum Gasteiger partial charge on any atom is -0.329 e. The van der Waals surface area contributed by atoms with Crippen LogP contribution in [0.4, 0.5) is 0 Å². The molecule has 1 aliphatic rings. The summed E-state index contributed by atoms with van der Waals surface area (Å²) in [6, 6.07) is 8.50. The lowest BCUT2D eigenvalue weighted by Gasteiger charge is -2.24. The summed E-state index contributed by atoms with van der Waals surface area (Å²) in [5.41, 5.74) is 2.26. The van der Waals surface area contributed by atoms with Gasteiger partial charge in [0.15, 0.2) is 0 Å². The van der Waals surface area contributed by atoms with Crippen molar-refractivity contribution < 1.29 is 0 Å². The van der Waals surface area contributed by atoms with Gasteiger partial charge in [0.25, 0.3) is 0 Å². The fraction of sp³-hybridized carbons (Fsp3) is 0.400. The third-order valence-corrected chi connectivity index (χ3v) is 3.90. The van der Waals surface area contributed by atoms with Gasteiger partial charge >= 0.3 is 0 Å². The Balaban J connectivity index is 1.81. The predicted molar refractivity (Wildman–Crippen MR) is 78.3 cm³/mol. The minimum atomic E-state index is 0.556. The van der Waals surface area contributed by atoms with Crippen molar-refractivity contribution in [3.8, 4) is 11.3 Å². The first-order valence-corrected chi connectivity index (χ1v) is 7.20. The second kappa shape index (κ2) is 5.76. The number of piperidine rings is 1. The lowest BCUT2D eigenvalue weighted by Crippen LogP contribution is -2.37. The Kier molecular flexibility index (Phi) is 3.85. The van der Waals surface area contributed by atoms with E-state index in [2.05, 4.69) is 20.9 Å². The third-order valence-electron chi connectivity index (χ3n) is 3.66. The molecule has 2 heterocycles. The normalized spacial score (nSPS) is 19.5. The van der Waals surface area contributed by atoms with Gasteiger partial charge in [-0.15, -0.1) is 0 Å². The molecule has 0 radical (unpaired) electrons. The van der Waals surface area contributed by atoms with Crippen LogP contribution >= 0.6 is 11.6 Å².